The van der Waals surface area contributed by atoms with Gasteiger partial charge in [-0.1, -0.05) is 49.4 Å². The van der Waals surface area contributed by atoms with E-state index in [0.717, 1.165) is 31.5 Å². The van der Waals surface area contributed by atoms with Gasteiger partial charge in [-0.2, -0.15) is 0 Å². The van der Waals surface area contributed by atoms with Crippen LogP contribution in [0.15, 0.2) is 54.6 Å². The van der Waals surface area contributed by atoms with Crippen LogP contribution in [0.2, 0.25) is 0 Å². The van der Waals surface area contributed by atoms with Gasteiger partial charge in [-0.05, 0) is 56.5 Å². The van der Waals surface area contributed by atoms with Crippen molar-refractivity contribution < 1.29 is 23.9 Å². The quantitative estimate of drug-likeness (QED) is 0.424. The summed E-state index contributed by atoms with van der Waals surface area (Å²) in [5, 5.41) is 11.6. The molecule has 2 aromatic rings. The summed E-state index contributed by atoms with van der Waals surface area (Å²) < 4.78 is 5.88. The minimum atomic E-state index is -0.938. The van der Waals surface area contributed by atoms with E-state index in [4.69, 9.17) is 4.74 Å². The van der Waals surface area contributed by atoms with Crippen LogP contribution in [0.25, 0.3) is 0 Å². The molecule has 2 heterocycles. The first-order chi connectivity index (χ1) is 19.9. The zero-order valence-electron chi connectivity index (χ0n) is 23.7. The number of carbonyl (C=O) groups is 4. The van der Waals surface area contributed by atoms with E-state index >= 15 is 0 Å². The largest absolute Gasteiger partial charge is 0.493 e. The summed E-state index contributed by atoms with van der Waals surface area (Å²) >= 11 is 0. The fourth-order valence-corrected chi connectivity index (χ4v) is 5.36. The summed E-state index contributed by atoms with van der Waals surface area (Å²) in [5.74, 6) is -1.04. The number of hydrogen-bond donors (Lipinski definition) is 4. The van der Waals surface area contributed by atoms with Crippen molar-refractivity contribution in [2.45, 2.75) is 63.6 Å². The molecule has 220 valence electrons. The molecule has 0 unspecified atom stereocenters. The molecule has 3 atom stereocenters. The number of para-hydroxylation sites is 1. The van der Waals surface area contributed by atoms with E-state index in [2.05, 4.69) is 33.1 Å². The molecule has 0 spiro atoms. The Morgan fingerprint density at radius 3 is 2.59 bits per heavy atom. The Bertz CT molecular complexity index is 1190. The Labute approximate surface area is 241 Å². The highest BCUT2D eigenvalue weighted by atomic mass is 16.5. The lowest BCUT2D eigenvalue weighted by molar-refractivity contribution is -0.129. The van der Waals surface area contributed by atoms with Crippen LogP contribution in [0.4, 0.5) is 0 Å². The number of fused-ring (bicyclic) bond motifs is 1. The topological polar surface area (TPSA) is 129 Å². The van der Waals surface area contributed by atoms with Gasteiger partial charge in [0.1, 0.15) is 17.8 Å². The highest BCUT2D eigenvalue weighted by Crippen LogP contribution is 2.19. The first kappa shape index (κ1) is 30.0. The molecule has 1 fully saturated rings. The van der Waals surface area contributed by atoms with Gasteiger partial charge >= 0.3 is 0 Å². The number of carbonyl (C=O) groups excluding carboxylic acids is 4. The van der Waals surface area contributed by atoms with Gasteiger partial charge < -0.3 is 26.0 Å². The molecule has 2 aromatic carbocycles. The molecule has 2 aliphatic rings. The molecular weight excluding hydrogens is 522 g/mol. The van der Waals surface area contributed by atoms with E-state index in [1.807, 2.05) is 30.3 Å². The first-order valence-electron chi connectivity index (χ1n) is 14.6. The van der Waals surface area contributed by atoms with Gasteiger partial charge in [-0.3, -0.25) is 24.1 Å². The Morgan fingerprint density at radius 2 is 1.78 bits per heavy atom. The molecule has 10 nitrogen and oxygen atoms in total. The molecule has 0 aliphatic carbocycles. The van der Waals surface area contributed by atoms with Crippen molar-refractivity contribution in [1.29, 1.82) is 0 Å². The van der Waals surface area contributed by atoms with E-state index < -0.39 is 18.0 Å². The monoisotopic (exact) mass is 563 g/mol. The number of benzene rings is 2. The predicted octanol–water partition coefficient (Wildman–Crippen LogP) is 1.79. The maximum absolute atomic E-state index is 13.3. The normalized spacial score (nSPS) is 23.0. The summed E-state index contributed by atoms with van der Waals surface area (Å²) in [6.07, 6.45) is 2.97. The minimum Gasteiger partial charge on any atom is -0.493 e. The lowest BCUT2D eigenvalue weighted by atomic mass is 10.0. The molecule has 0 aromatic heterocycles. The molecule has 10 heteroatoms. The summed E-state index contributed by atoms with van der Waals surface area (Å²) in [5.41, 5.74) is 1.22. The molecule has 0 bridgehead atoms. The van der Waals surface area contributed by atoms with Crippen LogP contribution in [0.5, 0.6) is 5.75 Å². The van der Waals surface area contributed by atoms with E-state index in [1.54, 1.807) is 24.3 Å². The van der Waals surface area contributed by atoms with E-state index in [1.165, 1.54) is 0 Å². The SMILES string of the molecule is CCN1CCC[C@H]1CNC(=O)[C@@H]1CCC(=O)N[C@@H](Cc2ccccc2)C(=O)NCCCOc2ccccc2C(=O)N1. The summed E-state index contributed by atoms with van der Waals surface area (Å²) in [6.45, 7) is 5.13. The number of likely N-dealkylation sites (tertiary alicyclic amines) is 1. The van der Waals surface area contributed by atoms with E-state index in [-0.39, 0.29) is 43.2 Å². The Balaban J connectivity index is 1.50. The zero-order valence-corrected chi connectivity index (χ0v) is 23.7. The number of likely N-dealkylation sites (N-methyl/N-ethyl adjacent to an activating group) is 1. The van der Waals surface area contributed by atoms with Crippen molar-refractivity contribution in [2.24, 2.45) is 0 Å². The standard InChI is InChI=1S/C31H41N5O5/c1-2-36-18-8-12-23(36)21-33-30(39)25-15-16-28(37)34-26(20-22-10-4-3-5-11-22)31(40)32-17-9-19-41-27-14-7-6-13-24(27)29(38)35-25/h3-7,10-11,13-14,23,25-26H,2,8-9,12,15-21H2,1H3,(H,32,40)(H,33,39)(H,34,37)(H,35,38)/t23-,25-,26-/m0/s1. The number of amides is 4. The predicted molar refractivity (Wildman–Crippen MR) is 155 cm³/mol. The van der Waals surface area contributed by atoms with Crippen LogP contribution in [-0.2, 0) is 20.8 Å². The van der Waals surface area contributed by atoms with E-state index in [9.17, 15) is 19.2 Å². The second kappa shape index (κ2) is 15.2. The van der Waals surface area contributed by atoms with Crippen LogP contribution in [0.1, 0.15) is 54.9 Å². The molecule has 2 aliphatic heterocycles. The van der Waals surface area contributed by atoms with Crippen LogP contribution in [-0.4, -0.2) is 79.4 Å². The Kier molecular flexibility index (Phi) is 11.1. The number of rotatable bonds is 6. The molecule has 0 radical (unpaired) electrons. The highest BCUT2D eigenvalue weighted by molar-refractivity contribution is 5.99. The summed E-state index contributed by atoms with van der Waals surface area (Å²) in [6, 6.07) is 14.9. The van der Waals surface area contributed by atoms with Gasteiger partial charge in [0.15, 0.2) is 0 Å². The van der Waals surface area contributed by atoms with Gasteiger partial charge in [-0.25, -0.2) is 0 Å². The third-order valence-electron chi connectivity index (χ3n) is 7.64. The zero-order chi connectivity index (χ0) is 29.0. The second-order valence-corrected chi connectivity index (χ2v) is 10.5. The fourth-order valence-electron chi connectivity index (χ4n) is 5.36. The first-order valence-corrected chi connectivity index (χ1v) is 14.6. The van der Waals surface area contributed by atoms with Crippen molar-refractivity contribution in [2.75, 3.05) is 32.8 Å². The summed E-state index contributed by atoms with van der Waals surface area (Å²) in [7, 11) is 0. The number of nitrogens with zero attached hydrogens (tertiary/aromatic N) is 1. The average molecular weight is 564 g/mol. The molecule has 1 saturated heterocycles. The molecule has 0 saturated carbocycles. The van der Waals surface area contributed by atoms with Gasteiger partial charge in [-0.15, -0.1) is 0 Å². The second-order valence-electron chi connectivity index (χ2n) is 10.5. The molecule has 41 heavy (non-hydrogen) atoms. The van der Waals surface area contributed by atoms with E-state index in [0.29, 0.717) is 37.2 Å². The van der Waals surface area contributed by atoms with Crippen LogP contribution < -0.4 is 26.0 Å². The molecule has 4 N–H and O–H groups in total. The third-order valence-corrected chi connectivity index (χ3v) is 7.64. The van der Waals surface area contributed by atoms with Crippen LogP contribution >= 0.6 is 0 Å². The van der Waals surface area contributed by atoms with Gasteiger partial charge in [0.2, 0.25) is 17.7 Å². The summed E-state index contributed by atoms with van der Waals surface area (Å²) in [4.78, 5) is 55.1. The lowest BCUT2D eigenvalue weighted by Gasteiger charge is -2.25. The number of nitrogens with one attached hydrogen (secondary N) is 4. The molecule has 4 rings (SSSR count). The van der Waals surface area contributed by atoms with Crippen molar-refractivity contribution in [1.82, 2.24) is 26.2 Å². The minimum absolute atomic E-state index is 0.0421. The smallest absolute Gasteiger partial charge is 0.255 e. The van der Waals surface area contributed by atoms with Gasteiger partial charge in [0.25, 0.3) is 5.91 Å². The van der Waals surface area contributed by atoms with Crippen molar-refractivity contribution in [3.05, 3.63) is 65.7 Å². The lowest BCUT2D eigenvalue weighted by Crippen LogP contribution is -2.51. The number of hydrogen-bond acceptors (Lipinski definition) is 6. The van der Waals surface area contributed by atoms with Crippen LogP contribution in [0, 0.1) is 0 Å². The van der Waals surface area contributed by atoms with Gasteiger partial charge in [0, 0.05) is 32.0 Å². The van der Waals surface area contributed by atoms with Crippen molar-refractivity contribution in [3.8, 4) is 5.75 Å². The Hall–Kier alpha value is -3.92. The maximum Gasteiger partial charge on any atom is 0.255 e. The third kappa shape index (κ3) is 8.78. The van der Waals surface area contributed by atoms with Crippen molar-refractivity contribution >= 4 is 23.6 Å². The fraction of sp³-hybridized carbons (Fsp3) is 0.484. The van der Waals surface area contributed by atoms with Crippen molar-refractivity contribution in [3.63, 3.8) is 0 Å². The van der Waals surface area contributed by atoms with Crippen LogP contribution in [0.3, 0.4) is 0 Å². The Morgan fingerprint density at radius 1 is 1.00 bits per heavy atom. The molecule has 4 amide bonds. The average Bonchev–Trinajstić information content (AvgIpc) is 3.45. The molecular formula is C31H41N5O5. The maximum atomic E-state index is 13.3. The number of ether oxygens (including phenoxy) is 1. The van der Waals surface area contributed by atoms with Gasteiger partial charge in [0.05, 0.1) is 12.2 Å². The highest BCUT2D eigenvalue weighted by Gasteiger charge is 2.28.